The molecular formula is C18H15Cl. The molecule has 0 aliphatic heterocycles. The lowest BCUT2D eigenvalue weighted by Gasteiger charge is -1.99. The van der Waals surface area contributed by atoms with Crippen molar-refractivity contribution in [2.45, 2.75) is 6.42 Å². The van der Waals surface area contributed by atoms with Crippen molar-refractivity contribution >= 4 is 17.2 Å². The van der Waals surface area contributed by atoms with Gasteiger partial charge >= 0.3 is 0 Å². The van der Waals surface area contributed by atoms with Crippen LogP contribution in [0.1, 0.15) is 17.5 Å². The van der Waals surface area contributed by atoms with Crippen LogP contribution in [0.25, 0.3) is 5.57 Å². The summed E-state index contributed by atoms with van der Waals surface area (Å²) in [5.74, 6) is 7.04. The first-order chi connectivity index (χ1) is 9.40. The smallest absolute Gasteiger partial charge is 0.0282 e. The highest BCUT2D eigenvalue weighted by Crippen LogP contribution is 2.14. The Morgan fingerprint density at radius 2 is 1.58 bits per heavy atom. The van der Waals surface area contributed by atoms with Gasteiger partial charge in [-0.05, 0) is 24.1 Å². The Hall–Kier alpha value is -1.97. The van der Waals surface area contributed by atoms with Gasteiger partial charge in [-0.25, -0.2) is 0 Å². The monoisotopic (exact) mass is 266 g/mol. The van der Waals surface area contributed by atoms with Crippen LogP contribution in [0, 0.1) is 11.8 Å². The van der Waals surface area contributed by atoms with E-state index in [9.17, 15) is 0 Å². The number of allylic oxidation sites excluding steroid dienone is 2. The van der Waals surface area contributed by atoms with Crippen LogP contribution < -0.4 is 0 Å². The van der Waals surface area contributed by atoms with E-state index in [1.807, 2.05) is 48.5 Å². The Labute approximate surface area is 119 Å². The molecule has 2 aromatic rings. The first kappa shape index (κ1) is 13.5. The minimum atomic E-state index is 0.614. The van der Waals surface area contributed by atoms with Crippen molar-refractivity contribution in [3.63, 3.8) is 0 Å². The van der Waals surface area contributed by atoms with Gasteiger partial charge < -0.3 is 0 Å². The number of hydrogen-bond donors (Lipinski definition) is 0. The molecule has 94 valence electrons. The molecule has 1 heteroatoms. The highest BCUT2D eigenvalue weighted by Gasteiger charge is 1.96. The minimum absolute atomic E-state index is 0.614. The van der Waals surface area contributed by atoms with E-state index in [0.717, 1.165) is 23.1 Å². The average molecular weight is 267 g/mol. The van der Waals surface area contributed by atoms with E-state index >= 15 is 0 Å². The second kappa shape index (κ2) is 7.46. The van der Waals surface area contributed by atoms with Gasteiger partial charge in [0.25, 0.3) is 0 Å². The Bertz CT molecular complexity index is 586. The zero-order chi connectivity index (χ0) is 13.3. The topological polar surface area (TPSA) is 0 Å². The van der Waals surface area contributed by atoms with Crippen molar-refractivity contribution in [1.82, 2.24) is 0 Å². The fourth-order valence-corrected chi connectivity index (χ4v) is 1.83. The predicted octanol–water partition coefficient (Wildman–Crippen LogP) is 4.75. The maximum Gasteiger partial charge on any atom is 0.0282 e. The molecule has 0 unspecified atom stereocenters. The largest absolute Gasteiger partial charge is 0.126 e. The Morgan fingerprint density at radius 3 is 2.21 bits per heavy atom. The van der Waals surface area contributed by atoms with Crippen molar-refractivity contribution < 1.29 is 0 Å². The molecule has 0 bridgehead atoms. The van der Waals surface area contributed by atoms with Gasteiger partial charge in [0.2, 0.25) is 0 Å². The van der Waals surface area contributed by atoms with Crippen LogP contribution in [0.15, 0.2) is 66.7 Å². The van der Waals surface area contributed by atoms with Gasteiger partial charge in [0.1, 0.15) is 0 Å². The summed E-state index contributed by atoms with van der Waals surface area (Å²) in [5.41, 5.74) is 3.19. The maximum absolute atomic E-state index is 5.76. The molecule has 0 fully saturated rings. The molecule has 2 aromatic carbocycles. The van der Waals surface area contributed by atoms with E-state index in [0.29, 0.717) is 5.88 Å². The van der Waals surface area contributed by atoms with Gasteiger partial charge in [-0.3, -0.25) is 0 Å². The molecular weight excluding hydrogens is 252 g/mol. The summed E-state index contributed by atoms with van der Waals surface area (Å²) in [7, 11) is 0. The molecule has 0 saturated carbocycles. The summed E-state index contributed by atoms with van der Waals surface area (Å²) in [6.45, 7) is 0. The molecule has 0 N–H and O–H groups in total. The molecule has 0 atom stereocenters. The van der Waals surface area contributed by atoms with E-state index in [1.54, 1.807) is 0 Å². The molecule has 0 nitrogen and oxygen atoms in total. The van der Waals surface area contributed by atoms with E-state index in [4.69, 9.17) is 11.6 Å². The summed E-state index contributed by atoms with van der Waals surface area (Å²) >= 11 is 5.76. The van der Waals surface area contributed by atoms with Crippen molar-refractivity contribution in [3.05, 3.63) is 77.9 Å². The van der Waals surface area contributed by atoms with Crippen LogP contribution >= 0.6 is 11.6 Å². The first-order valence-electron chi connectivity index (χ1n) is 6.29. The Kier molecular flexibility index (Phi) is 5.29. The summed E-state index contributed by atoms with van der Waals surface area (Å²) in [6.07, 6.45) is 2.92. The van der Waals surface area contributed by atoms with Crippen molar-refractivity contribution in [3.8, 4) is 11.8 Å². The standard InChI is InChI=1S/C18H15Cl/c19-15-7-12-18(17-10-5-2-6-11-17)14-13-16-8-3-1-4-9-16/h1-6,8-12H,7,15H2/b18-12-. The van der Waals surface area contributed by atoms with E-state index in [2.05, 4.69) is 30.0 Å². The molecule has 0 radical (unpaired) electrons. The fraction of sp³-hybridized carbons (Fsp3) is 0.111. The highest BCUT2D eigenvalue weighted by atomic mass is 35.5. The van der Waals surface area contributed by atoms with Gasteiger partial charge in [-0.1, -0.05) is 66.4 Å². The molecule has 0 heterocycles. The molecule has 0 amide bonds. The quantitative estimate of drug-likeness (QED) is 0.555. The number of benzene rings is 2. The molecule has 0 aliphatic rings. The average Bonchev–Trinajstić information content (AvgIpc) is 2.49. The second-order valence-electron chi connectivity index (χ2n) is 4.08. The van der Waals surface area contributed by atoms with Gasteiger partial charge in [-0.2, -0.15) is 0 Å². The second-order valence-corrected chi connectivity index (χ2v) is 4.46. The zero-order valence-electron chi connectivity index (χ0n) is 10.6. The maximum atomic E-state index is 5.76. The van der Waals surface area contributed by atoms with E-state index < -0.39 is 0 Å². The third kappa shape index (κ3) is 4.32. The van der Waals surface area contributed by atoms with Gasteiger partial charge in [0.15, 0.2) is 0 Å². The van der Waals surface area contributed by atoms with E-state index in [-0.39, 0.29) is 0 Å². The van der Waals surface area contributed by atoms with Crippen LogP contribution in [-0.2, 0) is 0 Å². The third-order valence-electron chi connectivity index (χ3n) is 2.66. The first-order valence-corrected chi connectivity index (χ1v) is 6.82. The number of rotatable bonds is 3. The number of alkyl halides is 1. The van der Waals surface area contributed by atoms with Crippen LogP contribution in [0.4, 0.5) is 0 Å². The van der Waals surface area contributed by atoms with Gasteiger partial charge in [0.05, 0.1) is 0 Å². The number of hydrogen-bond acceptors (Lipinski definition) is 0. The van der Waals surface area contributed by atoms with Crippen LogP contribution in [-0.4, -0.2) is 5.88 Å². The molecule has 0 spiro atoms. The SMILES string of the molecule is ClCC/C=C(/C#Cc1ccccc1)c1ccccc1. The lowest BCUT2D eigenvalue weighted by atomic mass is 10.0. The molecule has 2 rings (SSSR count). The molecule has 0 saturated heterocycles. The number of halogens is 1. The summed E-state index contributed by atoms with van der Waals surface area (Å²) in [4.78, 5) is 0. The molecule has 0 aliphatic carbocycles. The summed E-state index contributed by atoms with van der Waals surface area (Å²) < 4.78 is 0. The van der Waals surface area contributed by atoms with Crippen LogP contribution in [0.5, 0.6) is 0 Å². The lowest BCUT2D eigenvalue weighted by molar-refractivity contribution is 1.24. The molecule has 0 aromatic heterocycles. The van der Waals surface area contributed by atoms with Crippen molar-refractivity contribution in [1.29, 1.82) is 0 Å². The van der Waals surface area contributed by atoms with Gasteiger partial charge in [-0.15, -0.1) is 11.6 Å². The van der Waals surface area contributed by atoms with Crippen molar-refractivity contribution in [2.75, 3.05) is 5.88 Å². The third-order valence-corrected chi connectivity index (χ3v) is 2.88. The Balaban J connectivity index is 2.28. The lowest BCUT2D eigenvalue weighted by Crippen LogP contribution is -1.82. The van der Waals surface area contributed by atoms with Crippen LogP contribution in [0.2, 0.25) is 0 Å². The minimum Gasteiger partial charge on any atom is -0.126 e. The normalized spacial score (nSPS) is 10.7. The van der Waals surface area contributed by atoms with Gasteiger partial charge in [0, 0.05) is 17.0 Å². The Morgan fingerprint density at radius 1 is 0.947 bits per heavy atom. The molecule has 19 heavy (non-hydrogen) atoms. The van der Waals surface area contributed by atoms with Crippen molar-refractivity contribution in [2.24, 2.45) is 0 Å². The van der Waals surface area contributed by atoms with E-state index in [1.165, 1.54) is 0 Å². The fourth-order valence-electron chi connectivity index (χ4n) is 1.72. The summed E-state index contributed by atoms with van der Waals surface area (Å²) in [6, 6.07) is 20.2. The van der Waals surface area contributed by atoms with Crippen LogP contribution in [0.3, 0.4) is 0 Å². The summed E-state index contributed by atoms with van der Waals surface area (Å²) in [5, 5.41) is 0. The zero-order valence-corrected chi connectivity index (χ0v) is 11.4. The highest BCUT2D eigenvalue weighted by molar-refractivity contribution is 6.18. The predicted molar refractivity (Wildman–Crippen MR) is 83.1 cm³/mol.